The zero-order valence-corrected chi connectivity index (χ0v) is 21.2. The van der Waals surface area contributed by atoms with Gasteiger partial charge in [-0.1, -0.05) is 40.0 Å². The van der Waals surface area contributed by atoms with Gasteiger partial charge in [-0.2, -0.15) is 0 Å². The lowest BCUT2D eigenvalue weighted by Gasteiger charge is -2.26. The zero-order valence-electron chi connectivity index (χ0n) is 18.9. The third-order valence-electron chi connectivity index (χ3n) is 5.80. The van der Waals surface area contributed by atoms with Crippen molar-refractivity contribution in [2.75, 3.05) is 19.6 Å². The number of hydrogen-bond acceptors (Lipinski definition) is 4. The van der Waals surface area contributed by atoms with E-state index in [4.69, 9.17) is 4.42 Å². The summed E-state index contributed by atoms with van der Waals surface area (Å²) in [7, 11) is 0. The SMILES string of the molecule is CCNC(=NCc1ncc(C(C)(C)C)o1)NC1CCN(C(=O)C2CCCCC2)C1.I. The van der Waals surface area contributed by atoms with Crippen molar-refractivity contribution in [2.24, 2.45) is 10.9 Å². The molecule has 1 aromatic rings. The van der Waals surface area contributed by atoms with Crippen LogP contribution in [0.2, 0.25) is 0 Å². The van der Waals surface area contributed by atoms with E-state index >= 15 is 0 Å². The molecule has 3 rings (SSSR count). The van der Waals surface area contributed by atoms with Gasteiger partial charge < -0.3 is 20.0 Å². The number of aromatic nitrogens is 1. The second-order valence-electron chi connectivity index (χ2n) is 9.31. The molecule has 2 N–H and O–H groups in total. The van der Waals surface area contributed by atoms with E-state index in [2.05, 4.69) is 41.4 Å². The summed E-state index contributed by atoms with van der Waals surface area (Å²) in [6.45, 7) is 11.1. The van der Waals surface area contributed by atoms with Crippen LogP contribution in [0.3, 0.4) is 0 Å². The number of carbonyl (C=O) groups excluding carboxylic acids is 1. The van der Waals surface area contributed by atoms with Crippen LogP contribution in [0.1, 0.15) is 77.9 Å². The van der Waals surface area contributed by atoms with Crippen LogP contribution in [0.15, 0.2) is 15.6 Å². The Labute approximate surface area is 197 Å². The van der Waals surface area contributed by atoms with Crippen LogP contribution >= 0.6 is 24.0 Å². The molecule has 1 aliphatic heterocycles. The molecular formula is C22H38IN5O2. The first-order valence-electron chi connectivity index (χ1n) is 11.2. The average molecular weight is 531 g/mol. The summed E-state index contributed by atoms with van der Waals surface area (Å²) >= 11 is 0. The number of amides is 1. The fourth-order valence-corrected chi connectivity index (χ4v) is 4.08. The van der Waals surface area contributed by atoms with Gasteiger partial charge in [0.25, 0.3) is 0 Å². The van der Waals surface area contributed by atoms with Crippen LogP contribution < -0.4 is 10.6 Å². The number of nitrogens with zero attached hydrogens (tertiary/aromatic N) is 3. The minimum absolute atomic E-state index is 0. The number of guanidine groups is 1. The molecule has 2 heterocycles. The molecule has 1 aliphatic carbocycles. The van der Waals surface area contributed by atoms with E-state index < -0.39 is 0 Å². The zero-order chi connectivity index (χ0) is 20.9. The number of halogens is 1. The summed E-state index contributed by atoms with van der Waals surface area (Å²) in [4.78, 5) is 23.8. The minimum atomic E-state index is -0.0596. The van der Waals surface area contributed by atoms with Gasteiger partial charge in [-0.3, -0.25) is 4.79 Å². The monoisotopic (exact) mass is 531 g/mol. The maximum absolute atomic E-state index is 12.8. The van der Waals surface area contributed by atoms with E-state index in [0.717, 1.165) is 50.6 Å². The van der Waals surface area contributed by atoms with E-state index in [1.807, 2.05) is 11.8 Å². The van der Waals surface area contributed by atoms with Crippen LogP contribution in [0, 0.1) is 5.92 Å². The molecule has 7 nitrogen and oxygen atoms in total. The molecule has 1 saturated heterocycles. The molecule has 30 heavy (non-hydrogen) atoms. The highest BCUT2D eigenvalue weighted by molar-refractivity contribution is 14.0. The Hall–Kier alpha value is -1.32. The van der Waals surface area contributed by atoms with E-state index in [9.17, 15) is 4.79 Å². The summed E-state index contributed by atoms with van der Waals surface area (Å²) in [5.74, 6) is 2.83. The minimum Gasteiger partial charge on any atom is -0.443 e. The second-order valence-corrected chi connectivity index (χ2v) is 9.31. The lowest BCUT2D eigenvalue weighted by Crippen LogP contribution is -2.45. The molecule has 0 aromatic carbocycles. The molecule has 170 valence electrons. The Kier molecular flexibility index (Phi) is 9.43. The largest absolute Gasteiger partial charge is 0.443 e. The highest BCUT2D eigenvalue weighted by Gasteiger charge is 2.31. The fourth-order valence-electron chi connectivity index (χ4n) is 4.08. The van der Waals surface area contributed by atoms with Gasteiger partial charge >= 0.3 is 0 Å². The van der Waals surface area contributed by atoms with Crippen LogP contribution in [-0.2, 0) is 16.8 Å². The predicted molar refractivity (Wildman–Crippen MR) is 130 cm³/mol. The van der Waals surface area contributed by atoms with Crippen LogP contribution in [0.4, 0.5) is 0 Å². The first-order valence-corrected chi connectivity index (χ1v) is 11.2. The molecule has 1 saturated carbocycles. The van der Waals surface area contributed by atoms with Gasteiger partial charge in [-0.15, -0.1) is 24.0 Å². The Balaban J connectivity index is 0.00000320. The Morgan fingerprint density at radius 1 is 1.27 bits per heavy atom. The number of carbonyl (C=O) groups is 1. The van der Waals surface area contributed by atoms with Gasteiger partial charge in [0.05, 0.1) is 6.20 Å². The molecule has 1 amide bonds. The number of likely N-dealkylation sites (tertiary alicyclic amines) is 1. The van der Waals surface area contributed by atoms with Crippen molar-refractivity contribution in [3.8, 4) is 0 Å². The molecule has 2 aliphatic rings. The van der Waals surface area contributed by atoms with E-state index in [1.165, 1.54) is 19.3 Å². The number of oxazole rings is 1. The Morgan fingerprint density at radius 3 is 2.63 bits per heavy atom. The first kappa shape index (κ1) is 24.9. The molecule has 2 fully saturated rings. The maximum atomic E-state index is 12.8. The average Bonchev–Trinajstić information content (AvgIpc) is 3.36. The number of aliphatic imine (C=N–C) groups is 1. The van der Waals surface area contributed by atoms with Crippen molar-refractivity contribution in [2.45, 2.75) is 84.2 Å². The van der Waals surface area contributed by atoms with Crippen LogP contribution in [0.5, 0.6) is 0 Å². The van der Waals surface area contributed by atoms with Crippen molar-refractivity contribution in [1.29, 1.82) is 0 Å². The molecule has 1 atom stereocenters. The van der Waals surface area contributed by atoms with E-state index in [0.29, 0.717) is 18.3 Å². The Morgan fingerprint density at radius 2 is 2.00 bits per heavy atom. The lowest BCUT2D eigenvalue weighted by atomic mass is 9.88. The van der Waals surface area contributed by atoms with Crippen LogP contribution in [0.25, 0.3) is 0 Å². The lowest BCUT2D eigenvalue weighted by molar-refractivity contribution is -0.135. The third-order valence-corrected chi connectivity index (χ3v) is 5.80. The normalized spacial score (nSPS) is 20.7. The van der Waals surface area contributed by atoms with Gasteiger partial charge in [0.1, 0.15) is 12.3 Å². The summed E-state index contributed by atoms with van der Waals surface area (Å²) in [6.07, 6.45) is 8.53. The summed E-state index contributed by atoms with van der Waals surface area (Å²) in [5, 5.41) is 6.78. The van der Waals surface area contributed by atoms with Crippen molar-refractivity contribution >= 4 is 35.8 Å². The quantitative estimate of drug-likeness (QED) is 0.343. The fraction of sp³-hybridized carbons (Fsp3) is 0.773. The van der Waals surface area contributed by atoms with Crippen molar-refractivity contribution in [3.05, 3.63) is 17.8 Å². The Bertz CT molecular complexity index is 707. The van der Waals surface area contributed by atoms with Crippen molar-refractivity contribution in [1.82, 2.24) is 20.5 Å². The smallest absolute Gasteiger partial charge is 0.225 e. The number of rotatable bonds is 5. The number of nitrogens with one attached hydrogen (secondary N) is 2. The van der Waals surface area contributed by atoms with Crippen molar-refractivity contribution < 1.29 is 9.21 Å². The van der Waals surface area contributed by atoms with Crippen molar-refractivity contribution in [3.63, 3.8) is 0 Å². The topological polar surface area (TPSA) is 82.8 Å². The molecule has 1 aromatic heterocycles. The van der Waals surface area contributed by atoms with Gasteiger partial charge in [0.2, 0.25) is 11.8 Å². The van der Waals surface area contributed by atoms with Gasteiger partial charge in [0, 0.05) is 37.0 Å². The van der Waals surface area contributed by atoms with Gasteiger partial charge in [0.15, 0.2) is 5.96 Å². The van der Waals surface area contributed by atoms with E-state index in [-0.39, 0.29) is 41.4 Å². The summed E-state index contributed by atoms with van der Waals surface area (Å²) in [6, 6.07) is 0.232. The van der Waals surface area contributed by atoms with E-state index in [1.54, 1.807) is 6.20 Å². The van der Waals surface area contributed by atoms with Gasteiger partial charge in [-0.05, 0) is 26.2 Å². The molecule has 8 heteroatoms. The molecular weight excluding hydrogens is 493 g/mol. The molecule has 0 spiro atoms. The standard InChI is InChI=1S/C22H37N5O2.HI/c1-5-23-21(25-14-19-24-13-18(29-19)22(2,3)4)26-17-11-12-27(15-17)20(28)16-9-7-6-8-10-16;/h13,16-17H,5-12,14-15H2,1-4H3,(H2,23,25,26);1H. The highest BCUT2D eigenvalue weighted by Crippen LogP contribution is 2.27. The highest BCUT2D eigenvalue weighted by atomic mass is 127. The summed E-state index contributed by atoms with van der Waals surface area (Å²) in [5.41, 5.74) is -0.0596. The van der Waals surface area contributed by atoms with Gasteiger partial charge in [-0.25, -0.2) is 9.98 Å². The summed E-state index contributed by atoms with van der Waals surface area (Å²) < 4.78 is 5.84. The predicted octanol–water partition coefficient (Wildman–Crippen LogP) is 3.83. The first-order chi connectivity index (χ1) is 13.9. The molecule has 0 radical (unpaired) electrons. The molecule has 1 unspecified atom stereocenters. The maximum Gasteiger partial charge on any atom is 0.225 e. The number of hydrogen-bond donors (Lipinski definition) is 2. The third kappa shape index (κ3) is 6.85. The molecule has 0 bridgehead atoms. The van der Waals surface area contributed by atoms with Crippen LogP contribution in [-0.4, -0.2) is 47.4 Å². The second kappa shape index (κ2) is 11.3.